The zero-order valence-corrected chi connectivity index (χ0v) is 12.0. The van der Waals surface area contributed by atoms with Crippen molar-refractivity contribution in [1.82, 2.24) is 5.32 Å². The van der Waals surface area contributed by atoms with Crippen molar-refractivity contribution in [2.45, 2.75) is 38.3 Å². The average molecular weight is 276 g/mol. The minimum atomic E-state index is -0.437. The smallest absolute Gasteiger partial charge is 0.236 e. The summed E-state index contributed by atoms with van der Waals surface area (Å²) < 4.78 is 5.48. The molecule has 110 valence electrons. The highest BCUT2D eigenvalue weighted by molar-refractivity contribution is 5.81. The highest BCUT2D eigenvalue weighted by atomic mass is 16.5. The Kier molecular flexibility index (Phi) is 5.56. The van der Waals surface area contributed by atoms with Crippen LogP contribution in [0.3, 0.4) is 0 Å². The molecule has 0 spiro atoms. The van der Waals surface area contributed by atoms with Gasteiger partial charge in [0.05, 0.1) is 12.1 Å². The molecule has 2 unspecified atom stereocenters. The second-order valence-electron chi connectivity index (χ2n) is 5.50. The first-order valence-corrected chi connectivity index (χ1v) is 7.35. The molecule has 0 bridgehead atoms. The summed E-state index contributed by atoms with van der Waals surface area (Å²) in [5.74, 6) is 0.361. The van der Waals surface area contributed by atoms with Crippen molar-refractivity contribution in [3.63, 3.8) is 0 Å². The van der Waals surface area contributed by atoms with Crippen molar-refractivity contribution in [2.24, 2.45) is 11.7 Å². The van der Waals surface area contributed by atoms with Gasteiger partial charge in [-0.1, -0.05) is 30.3 Å². The molecule has 0 aliphatic carbocycles. The average Bonchev–Trinajstić information content (AvgIpc) is 2.88. The third kappa shape index (κ3) is 4.32. The molecular weight excluding hydrogens is 252 g/mol. The van der Waals surface area contributed by atoms with Gasteiger partial charge in [-0.25, -0.2) is 0 Å². The molecule has 1 aromatic rings. The molecule has 1 fully saturated rings. The van der Waals surface area contributed by atoms with E-state index < -0.39 is 6.04 Å². The van der Waals surface area contributed by atoms with Gasteiger partial charge in [-0.05, 0) is 31.7 Å². The molecule has 0 radical (unpaired) electrons. The third-order valence-electron chi connectivity index (χ3n) is 4.00. The SMILES string of the molecule is CC1OCCC1CNC(=O)[C@@H](N)CCc1ccccc1. The van der Waals surface area contributed by atoms with Crippen LogP contribution in [0.2, 0.25) is 0 Å². The number of carbonyl (C=O) groups is 1. The maximum Gasteiger partial charge on any atom is 0.236 e. The lowest BCUT2D eigenvalue weighted by Gasteiger charge is -2.17. The van der Waals surface area contributed by atoms with Crippen LogP contribution in [0.15, 0.2) is 30.3 Å². The quantitative estimate of drug-likeness (QED) is 0.827. The van der Waals surface area contributed by atoms with Gasteiger partial charge < -0.3 is 15.8 Å². The Morgan fingerprint density at radius 3 is 2.85 bits per heavy atom. The van der Waals surface area contributed by atoms with Gasteiger partial charge in [0.15, 0.2) is 0 Å². The summed E-state index contributed by atoms with van der Waals surface area (Å²) >= 11 is 0. The van der Waals surface area contributed by atoms with E-state index in [4.69, 9.17) is 10.5 Å². The molecule has 4 heteroatoms. The standard InChI is InChI=1S/C16H24N2O2/c1-12-14(9-10-20-12)11-18-16(19)15(17)8-7-13-5-3-2-4-6-13/h2-6,12,14-15H,7-11,17H2,1H3,(H,18,19)/t12?,14?,15-/m0/s1. The number of amides is 1. The molecule has 2 rings (SSSR count). The van der Waals surface area contributed by atoms with Crippen molar-refractivity contribution in [2.75, 3.05) is 13.2 Å². The molecule has 0 aromatic heterocycles. The predicted octanol–water partition coefficient (Wildman–Crippen LogP) is 1.49. The summed E-state index contributed by atoms with van der Waals surface area (Å²) in [4.78, 5) is 12.0. The summed E-state index contributed by atoms with van der Waals surface area (Å²) in [6, 6.07) is 9.67. The van der Waals surface area contributed by atoms with Crippen molar-refractivity contribution in [3.05, 3.63) is 35.9 Å². The molecule has 0 saturated carbocycles. The minimum Gasteiger partial charge on any atom is -0.378 e. The summed E-state index contributed by atoms with van der Waals surface area (Å²) in [7, 11) is 0. The van der Waals surface area contributed by atoms with Crippen LogP contribution in [0, 0.1) is 5.92 Å². The Hall–Kier alpha value is -1.39. The van der Waals surface area contributed by atoms with Gasteiger partial charge in [-0.2, -0.15) is 0 Å². The van der Waals surface area contributed by atoms with E-state index >= 15 is 0 Å². The Labute approximate surface area is 120 Å². The fourth-order valence-electron chi connectivity index (χ4n) is 2.50. The first kappa shape index (κ1) is 15.0. The molecule has 3 N–H and O–H groups in total. The zero-order valence-electron chi connectivity index (χ0n) is 12.0. The highest BCUT2D eigenvalue weighted by Gasteiger charge is 2.25. The summed E-state index contributed by atoms with van der Waals surface area (Å²) in [5.41, 5.74) is 7.16. The topological polar surface area (TPSA) is 64.3 Å². The molecule has 1 saturated heterocycles. The van der Waals surface area contributed by atoms with E-state index in [0.717, 1.165) is 19.4 Å². The summed E-state index contributed by atoms with van der Waals surface area (Å²) in [6.45, 7) is 3.51. The predicted molar refractivity (Wildman–Crippen MR) is 79.3 cm³/mol. The number of nitrogens with two attached hydrogens (primary N) is 1. The normalized spacial score (nSPS) is 23.5. The van der Waals surface area contributed by atoms with E-state index in [1.54, 1.807) is 0 Å². The Morgan fingerprint density at radius 2 is 2.20 bits per heavy atom. The second kappa shape index (κ2) is 7.41. The van der Waals surface area contributed by atoms with Crippen LogP contribution < -0.4 is 11.1 Å². The summed E-state index contributed by atoms with van der Waals surface area (Å²) in [6.07, 6.45) is 2.75. The van der Waals surface area contributed by atoms with Crippen LogP contribution in [0.1, 0.15) is 25.3 Å². The van der Waals surface area contributed by atoms with E-state index in [0.29, 0.717) is 18.9 Å². The van der Waals surface area contributed by atoms with Crippen LogP contribution in [0.25, 0.3) is 0 Å². The van der Waals surface area contributed by atoms with Gasteiger partial charge >= 0.3 is 0 Å². The van der Waals surface area contributed by atoms with Gasteiger partial charge in [0, 0.05) is 19.1 Å². The summed E-state index contributed by atoms with van der Waals surface area (Å²) in [5, 5.41) is 2.95. The maximum absolute atomic E-state index is 12.0. The third-order valence-corrected chi connectivity index (χ3v) is 4.00. The number of aryl methyl sites for hydroxylation is 1. The van der Waals surface area contributed by atoms with Gasteiger partial charge in [-0.15, -0.1) is 0 Å². The van der Waals surface area contributed by atoms with Gasteiger partial charge in [0.2, 0.25) is 5.91 Å². The number of carbonyl (C=O) groups excluding carboxylic acids is 1. The van der Waals surface area contributed by atoms with Crippen LogP contribution in [-0.2, 0) is 16.0 Å². The fourth-order valence-corrected chi connectivity index (χ4v) is 2.50. The zero-order chi connectivity index (χ0) is 14.4. The van der Waals surface area contributed by atoms with E-state index in [1.807, 2.05) is 18.2 Å². The first-order valence-electron chi connectivity index (χ1n) is 7.35. The minimum absolute atomic E-state index is 0.0555. The molecule has 1 aromatic carbocycles. The fraction of sp³-hybridized carbons (Fsp3) is 0.562. The number of nitrogens with one attached hydrogen (secondary N) is 1. The van der Waals surface area contributed by atoms with E-state index in [-0.39, 0.29) is 12.0 Å². The van der Waals surface area contributed by atoms with Gasteiger partial charge in [0.1, 0.15) is 0 Å². The van der Waals surface area contributed by atoms with E-state index in [9.17, 15) is 4.79 Å². The van der Waals surface area contributed by atoms with Crippen molar-refractivity contribution in [3.8, 4) is 0 Å². The van der Waals surface area contributed by atoms with Crippen molar-refractivity contribution >= 4 is 5.91 Å². The van der Waals surface area contributed by atoms with E-state index in [2.05, 4.69) is 24.4 Å². The number of hydrogen-bond acceptors (Lipinski definition) is 3. The molecule has 20 heavy (non-hydrogen) atoms. The molecule has 1 amide bonds. The Balaban J connectivity index is 1.69. The Morgan fingerprint density at radius 1 is 1.45 bits per heavy atom. The lowest BCUT2D eigenvalue weighted by molar-refractivity contribution is -0.122. The molecule has 1 heterocycles. The maximum atomic E-state index is 12.0. The second-order valence-corrected chi connectivity index (χ2v) is 5.50. The van der Waals surface area contributed by atoms with Crippen LogP contribution in [0.4, 0.5) is 0 Å². The lowest BCUT2D eigenvalue weighted by Crippen LogP contribution is -2.43. The highest BCUT2D eigenvalue weighted by Crippen LogP contribution is 2.19. The Bertz CT molecular complexity index is 422. The van der Waals surface area contributed by atoms with Crippen LogP contribution in [-0.4, -0.2) is 31.2 Å². The largest absolute Gasteiger partial charge is 0.378 e. The molecular formula is C16H24N2O2. The monoisotopic (exact) mass is 276 g/mol. The first-order chi connectivity index (χ1) is 9.66. The molecule has 4 nitrogen and oxygen atoms in total. The number of benzene rings is 1. The van der Waals surface area contributed by atoms with Gasteiger partial charge in [0.25, 0.3) is 0 Å². The number of rotatable bonds is 6. The number of ether oxygens (including phenoxy) is 1. The molecule has 1 aliphatic heterocycles. The van der Waals surface area contributed by atoms with Crippen molar-refractivity contribution < 1.29 is 9.53 Å². The molecule has 3 atom stereocenters. The van der Waals surface area contributed by atoms with Crippen molar-refractivity contribution in [1.29, 1.82) is 0 Å². The van der Waals surface area contributed by atoms with Crippen LogP contribution >= 0.6 is 0 Å². The molecule has 1 aliphatic rings. The van der Waals surface area contributed by atoms with Gasteiger partial charge in [-0.3, -0.25) is 4.79 Å². The van der Waals surface area contributed by atoms with E-state index in [1.165, 1.54) is 5.56 Å². The lowest BCUT2D eigenvalue weighted by atomic mass is 10.0. The van der Waals surface area contributed by atoms with Crippen LogP contribution in [0.5, 0.6) is 0 Å². The number of hydrogen-bond donors (Lipinski definition) is 2.